The van der Waals surface area contributed by atoms with Gasteiger partial charge in [-0.2, -0.15) is 0 Å². The molecule has 1 aliphatic rings. The quantitative estimate of drug-likeness (QED) is 0.644. The molecule has 0 aromatic carbocycles. The third-order valence-corrected chi connectivity index (χ3v) is 5.46. The first kappa shape index (κ1) is 21.0. The van der Waals surface area contributed by atoms with Gasteiger partial charge in [0.2, 0.25) is 5.91 Å². The molecule has 24 heavy (non-hydrogen) atoms. The van der Waals surface area contributed by atoms with Crippen LogP contribution in [0.4, 0.5) is 0 Å². The number of carboxylic acids is 1. The molecule has 140 valence electrons. The summed E-state index contributed by atoms with van der Waals surface area (Å²) < 4.78 is 0. The third kappa shape index (κ3) is 6.82. The van der Waals surface area contributed by atoms with E-state index in [-0.39, 0.29) is 11.8 Å². The van der Waals surface area contributed by atoms with Crippen LogP contribution < -0.4 is 5.32 Å². The van der Waals surface area contributed by atoms with Crippen LogP contribution in [0.1, 0.15) is 86.0 Å². The van der Waals surface area contributed by atoms with Gasteiger partial charge in [0.15, 0.2) is 0 Å². The molecule has 1 rings (SSSR count). The zero-order valence-corrected chi connectivity index (χ0v) is 16.2. The van der Waals surface area contributed by atoms with E-state index >= 15 is 0 Å². The minimum Gasteiger partial charge on any atom is -0.480 e. The standard InChI is InChI=1S/C20H37NO3/c1-14(2)7-6-8-16-9-11-20(5,12-10-16)19(24)21-17(18(22)23)13-15(3)4/h14-17H,6-13H2,1-5H3,(H,21,24)(H,22,23)/t16-,17-,20+/m0/s1. The van der Waals surface area contributed by atoms with Crippen LogP contribution in [0.15, 0.2) is 0 Å². The summed E-state index contributed by atoms with van der Waals surface area (Å²) in [4.78, 5) is 24.0. The Hall–Kier alpha value is -1.06. The number of carbonyl (C=O) groups is 2. The lowest BCUT2D eigenvalue weighted by atomic mass is 9.70. The van der Waals surface area contributed by atoms with Crippen molar-refractivity contribution in [1.29, 1.82) is 0 Å². The first-order valence-electron chi connectivity index (χ1n) is 9.68. The molecule has 0 radical (unpaired) electrons. The fraction of sp³-hybridized carbons (Fsp3) is 0.900. The highest BCUT2D eigenvalue weighted by molar-refractivity contribution is 5.87. The molecule has 2 N–H and O–H groups in total. The van der Waals surface area contributed by atoms with Crippen molar-refractivity contribution in [2.45, 2.75) is 92.0 Å². The van der Waals surface area contributed by atoms with Gasteiger partial charge < -0.3 is 10.4 Å². The largest absolute Gasteiger partial charge is 0.480 e. The summed E-state index contributed by atoms with van der Waals surface area (Å²) in [6, 6.07) is -0.766. The van der Waals surface area contributed by atoms with Crippen molar-refractivity contribution in [2.75, 3.05) is 0 Å². The molecule has 4 heteroatoms. The Morgan fingerprint density at radius 3 is 2.17 bits per heavy atom. The Bertz CT molecular complexity index is 409. The number of hydrogen-bond acceptors (Lipinski definition) is 2. The van der Waals surface area contributed by atoms with Gasteiger partial charge in [0.1, 0.15) is 6.04 Å². The van der Waals surface area contributed by atoms with E-state index in [0.717, 1.165) is 37.5 Å². The number of carbonyl (C=O) groups excluding carboxylic acids is 1. The fourth-order valence-electron chi connectivity index (χ4n) is 3.67. The van der Waals surface area contributed by atoms with Crippen LogP contribution in [0.3, 0.4) is 0 Å². The normalized spacial score (nSPS) is 25.7. The molecule has 1 aliphatic carbocycles. The van der Waals surface area contributed by atoms with Crippen molar-refractivity contribution in [2.24, 2.45) is 23.2 Å². The van der Waals surface area contributed by atoms with E-state index in [1.807, 2.05) is 20.8 Å². The Kier molecular flexibility index (Phi) is 8.24. The van der Waals surface area contributed by atoms with Crippen molar-refractivity contribution in [1.82, 2.24) is 5.32 Å². The summed E-state index contributed by atoms with van der Waals surface area (Å²) in [6.07, 6.45) is 8.23. The molecule has 1 saturated carbocycles. The van der Waals surface area contributed by atoms with Gasteiger partial charge in [0.25, 0.3) is 0 Å². The molecule has 0 aromatic rings. The summed E-state index contributed by atoms with van der Waals surface area (Å²) in [5.74, 6) is 0.740. The number of amides is 1. The van der Waals surface area contributed by atoms with E-state index in [1.54, 1.807) is 0 Å². The molecule has 0 spiro atoms. The van der Waals surface area contributed by atoms with Crippen LogP contribution in [0.25, 0.3) is 0 Å². The number of aliphatic carboxylic acids is 1. The maximum absolute atomic E-state index is 12.7. The highest BCUT2D eigenvalue weighted by atomic mass is 16.4. The van der Waals surface area contributed by atoms with Crippen molar-refractivity contribution in [3.8, 4) is 0 Å². The average molecular weight is 340 g/mol. The second-order valence-electron chi connectivity index (χ2n) is 8.82. The molecule has 0 saturated heterocycles. The minimum absolute atomic E-state index is 0.0730. The Morgan fingerprint density at radius 1 is 1.12 bits per heavy atom. The van der Waals surface area contributed by atoms with Crippen molar-refractivity contribution in [3.63, 3.8) is 0 Å². The molecule has 0 heterocycles. The van der Waals surface area contributed by atoms with Crippen LogP contribution >= 0.6 is 0 Å². The van der Waals surface area contributed by atoms with Gasteiger partial charge in [-0.05, 0) is 49.9 Å². The molecular formula is C20H37NO3. The van der Waals surface area contributed by atoms with Gasteiger partial charge in [-0.15, -0.1) is 0 Å². The molecule has 0 bridgehead atoms. The van der Waals surface area contributed by atoms with Crippen LogP contribution in [0.2, 0.25) is 0 Å². The van der Waals surface area contributed by atoms with Crippen LogP contribution in [-0.2, 0) is 9.59 Å². The molecule has 1 atom stereocenters. The predicted molar refractivity (Wildman–Crippen MR) is 97.8 cm³/mol. The van der Waals surface area contributed by atoms with Gasteiger partial charge in [-0.3, -0.25) is 4.79 Å². The minimum atomic E-state index is -0.928. The lowest BCUT2D eigenvalue weighted by Crippen LogP contribution is -2.49. The van der Waals surface area contributed by atoms with Crippen molar-refractivity contribution >= 4 is 11.9 Å². The smallest absolute Gasteiger partial charge is 0.326 e. The number of nitrogens with one attached hydrogen (secondary N) is 1. The summed E-state index contributed by atoms with van der Waals surface area (Å²) in [7, 11) is 0. The summed E-state index contributed by atoms with van der Waals surface area (Å²) >= 11 is 0. The summed E-state index contributed by atoms with van der Waals surface area (Å²) in [5.41, 5.74) is -0.404. The van der Waals surface area contributed by atoms with Crippen molar-refractivity contribution in [3.05, 3.63) is 0 Å². The topological polar surface area (TPSA) is 66.4 Å². The molecular weight excluding hydrogens is 302 g/mol. The lowest BCUT2D eigenvalue weighted by molar-refractivity contribution is -0.144. The van der Waals surface area contributed by atoms with Crippen molar-refractivity contribution < 1.29 is 14.7 Å². The maximum atomic E-state index is 12.7. The van der Waals surface area contributed by atoms with E-state index < -0.39 is 17.4 Å². The number of hydrogen-bond donors (Lipinski definition) is 2. The van der Waals surface area contributed by atoms with E-state index in [0.29, 0.717) is 6.42 Å². The first-order chi connectivity index (χ1) is 11.1. The van der Waals surface area contributed by atoms with Gasteiger partial charge in [0.05, 0.1) is 0 Å². The molecule has 1 amide bonds. The summed E-state index contributed by atoms with van der Waals surface area (Å²) in [5, 5.41) is 12.1. The molecule has 4 nitrogen and oxygen atoms in total. The number of rotatable bonds is 9. The molecule has 0 unspecified atom stereocenters. The SMILES string of the molecule is CC(C)CCC[C@H]1CC[C@@](C)(C(=O)N[C@@H](CC(C)C)C(=O)O)CC1. The predicted octanol–water partition coefficient (Wildman–Crippen LogP) is 4.62. The van der Waals surface area contributed by atoms with E-state index in [1.165, 1.54) is 19.3 Å². The highest BCUT2D eigenvalue weighted by Gasteiger charge is 2.38. The zero-order chi connectivity index (χ0) is 18.3. The molecule has 0 aromatic heterocycles. The van der Waals surface area contributed by atoms with E-state index in [2.05, 4.69) is 19.2 Å². The Morgan fingerprint density at radius 2 is 1.71 bits per heavy atom. The lowest BCUT2D eigenvalue weighted by Gasteiger charge is -2.37. The monoisotopic (exact) mass is 339 g/mol. The van der Waals surface area contributed by atoms with Gasteiger partial charge in [-0.25, -0.2) is 4.79 Å². The second kappa shape index (κ2) is 9.43. The van der Waals surface area contributed by atoms with Gasteiger partial charge >= 0.3 is 5.97 Å². The van der Waals surface area contributed by atoms with E-state index in [4.69, 9.17) is 0 Å². The van der Waals surface area contributed by atoms with Gasteiger partial charge in [0, 0.05) is 5.41 Å². The zero-order valence-electron chi connectivity index (χ0n) is 16.2. The van der Waals surface area contributed by atoms with Crippen LogP contribution in [0, 0.1) is 23.2 Å². The van der Waals surface area contributed by atoms with Crippen LogP contribution in [-0.4, -0.2) is 23.0 Å². The number of carboxylic acid groups (broad SMARTS) is 1. The molecule has 0 aliphatic heterocycles. The third-order valence-electron chi connectivity index (χ3n) is 5.46. The molecule has 1 fully saturated rings. The Labute approximate surface area is 147 Å². The fourth-order valence-corrected chi connectivity index (χ4v) is 3.67. The van der Waals surface area contributed by atoms with E-state index in [9.17, 15) is 14.7 Å². The maximum Gasteiger partial charge on any atom is 0.326 e. The Balaban J connectivity index is 2.49. The summed E-state index contributed by atoms with van der Waals surface area (Å²) in [6.45, 7) is 10.5. The average Bonchev–Trinajstić information content (AvgIpc) is 2.47. The highest BCUT2D eigenvalue weighted by Crippen LogP contribution is 2.40. The second-order valence-corrected chi connectivity index (χ2v) is 8.82. The van der Waals surface area contributed by atoms with Crippen LogP contribution in [0.5, 0.6) is 0 Å². The van der Waals surface area contributed by atoms with Gasteiger partial charge in [-0.1, -0.05) is 53.9 Å². The first-order valence-corrected chi connectivity index (χ1v) is 9.68.